The Morgan fingerprint density at radius 3 is 2.65 bits per heavy atom. The van der Waals surface area contributed by atoms with Crippen LogP contribution in [0.2, 0.25) is 5.02 Å². The van der Waals surface area contributed by atoms with Gasteiger partial charge in [-0.1, -0.05) is 23.7 Å². The van der Waals surface area contributed by atoms with Gasteiger partial charge in [-0.3, -0.25) is 14.7 Å². The average molecular weight is 334 g/mol. The van der Waals surface area contributed by atoms with Crippen LogP contribution in [0.3, 0.4) is 0 Å². The number of nitrogens with one attached hydrogen (secondary N) is 2. The number of carboxylic acids is 1. The van der Waals surface area contributed by atoms with Crippen LogP contribution in [0.5, 0.6) is 0 Å². The molecule has 1 fully saturated rings. The zero-order valence-electron chi connectivity index (χ0n) is 12.3. The van der Waals surface area contributed by atoms with E-state index in [4.69, 9.17) is 16.7 Å². The molecule has 0 bridgehead atoms. The second-order valence-corrected chi connectivity index (χ2v) is 6.13. The molecule has 0 spiro atoms. The summed E-state index contributed by atoms with van der Waals surface area (Å²) in [5.74, 6) is -1.44. The highest BCUT2D eigenvalue weighted by atomic mass is 35.5. The van der Waals surface area contributed by atoms with Gasteiger partial charge in [-0.2, -0.15) is 5.10 Å². The number of benzene rings is 1. The van der Waals surface area contributed by atoms with Gasteiger partial charge in [-0.15, -0.1) is 0 Å². The number of aromatic nitrogens is 2. The first kappa shape index (κ1) is 15.6. The van der Waals surface area contributed by atoms with Gasteiger partial charge < -0.3 is 10.4 Å². The highest BCUT2D eigenvalue weighted by molar-refractivity contribution is 6.30. The van der Waals surface area contributed by atoms with Gasteiger partial charge in [0.15, 0.2) is 0 Å². The molecule has 3 rings (SSSR count). The molecule has 0 unspecified atom stereocenters. The number of H-pyrrole nitrogens is 1. The SMILES string of the molecule is O=C(N[C@H]1CC[C@@H](C(=O)O)C1)c1cc(-c2ccc(Cl)cc2)n[nH]1. The molecule has 23 heavy (non-hydrogen) atoms. The van der Waals surface area contributed by atoms with Gasteiger partial charge in [0, 0.05) is 16.6 Å². The van der Waals surface area contributed by atoms with Crippen LogP contribution in [-0.2, 0) is 4.79 Å². The van der Waals surface area contributed by atoms with Gasteiger partial charge in [0.25, 0.3) is 5.91 Å². The average Bonchev–Trinajstić information content (AvgIpc) is 3.17. The third kappa shape index (κ3) is 3.53. The Labute approximate surface area is 137 Å². The molecular weight excluding hydrogens is 318 g/mol. The second kappa shape index (κ2) is 6.42. The van der Waals surface area contributed by atoms with Crippen LogP contribution in [0.25, 0.3) is 11.3 Å². The Hall–Kier alpha value is -2.34. The molecule has 1 aliphatic rings. The van der Waals surface area contributed by atoms with Crippen molar-refractivity contribution in [2.75, 3.05) is 0 Å². The topological polar surface area (TPSA) is 95.1 Å². The summed E-state index contributed by atoms with van der Waals surface area (Å²) < 4.78 is 0. The number of amides is 1. The van der Waals surface area contributed by atoms with Gasteiger partial charge in [-0.25, -0.2) is 0 Å². The standard InChI is InChI=1S/C16H16ClN3O3/c17-11-4-1-9(2-5-11)13-8-14(20-19-13)15(21)18-12-6-3-10(7-12)16(22)23/h1-2,4-5,8,10,12H,3,6-7H2,(H,18,21)(H,19,20)(H,22,23)/t10-,12+/m1/s1. The molecule has 1 heterocycles. The summed E-state index contributed by atoms with van der Waals surface area (Å²) in [7, 11) is 0. The Balaban J connectivity index is 1.65. The molecule has 7 heteroatoms. The summed E-state index contributed by atoms with van der Waals surface area (Å²) in [6.07, 6.45) is 1.75. The van der Waals surface area contributed by atoms with E-state index in [1.165, 1.54) is 0 Å². The van der Waals surface area contributed by atoms with Crippen molar-refractivity contribution in [3.05, 3.63) is 41.0 Å². The van der Waals surface area contributed by atoms with E-state index in [-0.39, 0.29) is 17.9 Å². The molecule has 1 saturated carbocycles. The molecule has 1 aromatic heterocycles. The Bertz CT molecular complexity index is 726. The van der Waals surface area contributed by atoms with E-state index in [9.17, 15) is 9.59 Å². The minimum atomic E-state index is -0.798. The van der Waals surface area contributed by atoms with Crippen molar-refractivity contribution in [3.63, 3.8) is 0 Å². The van der Waals surface area contributed by atoms with Crippen LogP contribution < -0.4 is 5.32 Å². The van der Waals surface area contributed by atoms with Crippen molar-refractivity contribution in [1.82, 2.24) is 15.5 Å². The third-order valence-corrected chi connectivity index (χ3v) is 4.33. The van der Waals surface area contributed by atoms with Crippen LogP contribution in [0.4, 0.5) is 0 Å². The maximum atomic E-state index is 12.2. The fourth-order valence-electron chi connectivity index (χ4n) is 2.81. The van der Waals surface area contributed by atoms with E-state index in [1.807, 2.05) is 12.1 Å². The molecule has 1 aromatic carbocycles. The zero-order chi connectivity index (χ0) is 16.4. The van der Waals surface area contributed by atoms with Crippen molar-refractivity contribution >= 4 is 23.5 Å². The molecule has 6 nitrogen and oxygen atoms in total. The Morgan fingerprint density at radius 2 is 2.00 bits per heavy atom. The summed E-state index contributed by atoms with van der Waals surface area (Å²) in [6.45, 7) is 0. The fraction of sp³-hybridized carbons (Fsp3) is 0.312. The molecule has 1 aliphatic carbocycles. The van der Waals surface area contributed by atoms with Crippen molar-refractivity contribution in [1.29, 1.82) is 0 Å². The number of hydrogen-bond donors (Lipinski definition) is 3. The minimum absolute atomic E-state index is 0.106. The lowest BCUT2D eigenvalue weighted by Gasteiger charge is -2.11. The second-order valence-electron chi connectivity index (χ2n) is 5.69. The van der Waals surface area contributed by atoms with Crippen LogP contribution >= 0.6 is 11.6 Å². The summed E-state index contributed by atoms with van der Waals surface area (Å²) in [5.41, 5.74) is 1.87. The summed E-state index contributed by atoms with van der Waals surface area (Å²) >= 11 is 5.85. The largest absolute Gasteiger partial charge is 0.481 e. The van der Waals surface area contributed by atoms with Gasteiger partial charge >= 0.3 is 5.97 Å². The lowest BCUT2D eigenvalue weighted by Crippen LogP contribution is -2.33. The summed E-state index contributed by atoms with van der Waals surface area (Å²) in [4.78, 5) is 23.2. The maximum absolute atomic E-state index is 12.2. The van der Waals surface area contributed by atoms with Crippen LogP contribution in [-0.4, -0.2) is 33.2 Å². The first-order valence-electron chi connectivity index (χ1n) is 7.38. The minimum Gasteiger partial charge on any atom is -0.481 e. The molecule has 3 N–H and O–H groups in total. The van der Waals surface area contributed by atoms with E-state index in [0.717, 1.165) is 5.56 Å². The van der Waals surface area contributed by atoms with E-state index in [0.29, 0.717) is 35.7 Å². The van der Waals surface area contributed by atoms with Gasteiger partial charge in [0.1, 0.15) is 5.69 Å². The number of nitrogens with zero attached hydrogens (tertiary/aromatic N) is 1. The van der Waals surface area contributed by atoms with Crippen LogP contribution in [0.15, 0.2) is 30.3 Å². The molecular formula is C16H16ClN3O3. The van der Waals surface area contributed by atoms with Gasteiger partial charge in [0.05, 0.1) is 11.6 Å². The highest BCUT2D eigenvalue weighted by Crippen LogP contribution is 2.26. The van der Waals surface area contributed by atoms with E-state index >= 15 is 0 Å². The summed E-state index contributed by atoms with van der Waals surface area (Å²) in [6, 6.07) is 8.74. The number of carbonyl (C=O) groups is 2. The monoisotopic (exact) mass is 333 g/mol. The lowest BCUT2D eigenvalue weighted by atomic mass is 10.1. The summed E-state index contributed by atoms with van der Waals surface area (Å²) in [5, 5.41) is 19.3. The van der Waals surface area contributed by atoms with Crippen molar-refractivity contribution in [2.45, 2.75) is 25.3 Å². The van der Waals surface area contributed by atoms with E-state index in [2.05, 4.69) is 15.5 Å². The van der Waals surface area contributed by atoms with Gasteiger partial charge in [0.2, 0.25) is 0 Å². The van der Waals surface area contributed by atoms with Crippen LogP contribution in [0, 0.1) is 5.92 Å². The molecule has 2 aromatic rings. The molecule has 1 amide bonds. The molecule has 120 valence electrons. The fourth-order valence-corrected chi connectivity index (χ4v) is 2.93. The van der Waals surface area contributed by atoms with Crippen molar-refractivity contribution in [3.8, 4) is 11.3 Å². The van der Waals surface area contributed by atoms with Crippen molar-refractivity contribution < 1.29 is 14.7 Å². The van der Waals surface area contributed by atoms with E-state index in [1.54, 1.807) is 18.2 Å². The number of halogens is 1. The number of carbonyl (C=O) groups excluding carboxylic acids is 1. The van der Waals surface area contributed by atoms with E-state index < -0.39 is 5.97 Å². The zero-order valence-corrected chi connectivity index (χ0v) is 13.0. The first-order valence-corrected chi connectivity index (χ1v) is 7.76. The maximum Gasteiger partial charge on any atom is 0.306 e. The predicted octanol–water partition coefficient (Wildman–Crippen LogP) is 2.71. The number of aliphatic carboxylic acids is 1. The Morgan fingerprint density at radius 1 is 1.26 bits per heavy atom. The smallest absolute Gasteiger partial charge is 0.306 e. The first-order chi connectivity index (χ1) is 11.0. The number of hydrogen-bond acceptors (Lipinski definition) is 3. The van der Waals surface area contributed by atoms with Crippen molar-refractivity contribution in [2.24, 2.45) is 5.92 Å². The number of carboxylic acid groups (broad SMARTS) is 1. The molecule has 2 atom stereocenters. The van der Waals surface area contributed by atoms with Gasteiger partial charge in [-0.05, 0) is 37.5 Å². The lowest BCUT2D eigenvalue weighted by molar-refractivity contribution is -0.141. The quantitative estimate of drug-likeness (QED) is 0.801. The molecule has 0 saturated heterocycles. The normalized spacial score (nSPS) is 20.4. The highest BCUT2D eigenvalue weighted by Gasteiger charge is 2.30. The third-order valence-electron chi connectivity index (χ3n) is 4.08. The van der Waals surface area contributed by atoms with Crippen LogP contribution in [0.1, 0.15) is 29.8 Å². The number of aromatic amines is 1. The predicted molar refractivity (Wildman–Crippen MR) is 85.3 cm³/mol. The molecule has 0 aliphatic heterocycles. The number of rotatable bonds is 4. The Kier molecular flexibility index (Phi) is 4.34. The molecule has 0 radical (unpaired) electrons.